The minimum atomic E-state index is -0.416. The second-order valence-corrected chi connectivity index (χ2v) is 5.48. The zero-order chi connectivity index (χ0) is 15.5. The van der Waals surface area contributed by atoms with Crippen molar-refractivity contribution in [3.05, 3.63) is 65.0 Å². The molecular weight excluding hydrogens is 281 g/mol. The van der Waals surface area contributed by atoms with E-state index in [1.54, 1.807) is 12.1 Å². The van der Waals surface area contributed by atoms with Crippen LogP contribution in [0.3, 0.4) is 0 Å². The lowest BCUT2D eigenvalue weighted by molar-refractivity contribution is -0.122. The molecule has 3 rings (SSSR count). The summed E-state index contributed by atoms with van der Waals surface area (Å²) in [5, 5.41) is 2.90. The first-order valence-corrected chi connectivity index (χ1v) is 7.37. The third kappa shape index (κ3) is 2.82. The highest BCUT2D eigenvalue weighted by molar-refractivity contribution is 5.84. The standard InChI is InChI=1S/C18H18FNO2/c1-22-17-9-6-12(10-16(17)19)11-20-18(21)15-8-7-13-4-2-3-5-14(13)15/h2-6,9-10,15H,7-8,11H2,1H3,(H,20,21)/t15-/m1/s1. The van der Waals surface area contributed by atoms with E-state index >= 15 is 0 Å². The summed E-state index contributed by atoms with van der Waals surface area (Å²) in [5.74, 6) is -0.305. The molecule has 0 spiro atoms. The van der Waals surface area contributed by atoms with Crippen LogP contribution in [0.25, 0.3) is 0 Å². The summed E-state index contributed by atoms with van der Waals surface area (Å²) >= 11 is 0. The van der Waals surface area contributed by atoms with Crippen LogP contribution in [-0.2, 0) is 17.8 Å². The number of ether oxygens (including phenoxy) is 1. The Hall–Kier alpha value is -2.36. The summed E-state index contributed by atoms with van der Waals surface area (Å²) in [6, 6.07) is 12.8. The van der Waals surface area contributed by atoms with Crippen LogP contribution in [0.4, 0.5) is 4.39 Å². The fraction of sp³-hybridized carbons (Fsp3) is 0.278. The molecule has 1 aliphatic carbocycles. The van der Waals surface area contributed by atoms with E-state index in [-0.39, 0.29) is 17.6 Å². The minimum Gasteiger partial charge on any atom is -0.494 e. The van der Waals surface area contributed by atoms with Crippen molar-refractivity contribution >= 4 is 5.91 Å². The van der Waals surface area contributed by atoms with Crippen LogP contribution in [0, 0.1) is 5.82 Å². The predicted molar refractivity (Wildman–Crippen MR) is 82.3 cm³/mol. The number of aryl methyl sites for hydroxylation is 1. The van der Waals surface area contributed by atoms with Crippen LogP contribution in [0.5, 0.6) is 5.75 Å². The number of hydrogen-bond donors (Lipinski definition) is 1. The van der Waals surface area contributed by atoms with Crippen LogP contribution in [0.15, 0.2) is 42.5 Å². The molecule has 2 aromatic rings. The van der Waals surface area contributed by atoms with Gasteiger partial charge in [0.15, 0.2) is 11.6 Å². The SMILES string of the molecule is COc1ccc(CNC(=O)[C@@H]2CCc3ccccc32)cc1F. The Morgan fingerprint density at radius 2 is 2.14 bits per heavy atom. The highest BCUT2D eigenvalue weighted by Crippen LogP contribution is 2.32. The van der Waals surface area contributed by atoms with Crippen LogP contribution in [0.2, 0.25) is 0 Å². The van der Waals surface area contributed by atoms with E-state index < -0.39 is 5.82 Å². The predicted octanol–water partition coefficient (Wildman–Crippen LogP) is 3.18. The number of halogens is 1. The monoisotopic (exact) mass is 299 g/mol. The van der Waals surface area contributed by atoms with Crippen molar-refractivity contribution in [3.63, 3.8) is 0 Å². The van der Waals surface area contributed by atoms with E-state index in [0.717, 1.165) is 24.0 Å². The smallest absolute Gasteiger partial charge is 0.227 e. The van der Waals surface area contributed by atoms with Gasteiger partial charge in [-0.3, -0.25) is 4.79 Å². The van der Waals surface area contributed by atoms with Gasteiger partial charge < -0.3 is 10.1 Å². The molecule has 1 atom stereocenters. The molecule has 0 unspecified atom stereocenters. The molecule has 0 saturated carbocycles. The number of carbonyl (C=O) groups is 1. The fourth-order valence-corrected chi connectivity index (χ4v) is 2.96. The Morgan fingerprint density at radius 3 is 2.91 bits per heavy atom. The number of hydrogen-bond acceptors (Lipinski definition) is 2. The summed E-state index contributed by atoms with van der Waals surface area (Å²) < 4.78 is 18.5. The van der Waals surface area contributed by atoms with Crippen LogP contribution in [0.1, 0.15) is 29.0 Å². The minimum absolute atomic E-state index is 0.00109. The first-order chi connectivity index (χ1) is 10.7. The second-order valence-electron chi connectivity index (χ2n) is 5.48. The molecule has 0 aliphatic heterocycles. The number of benzene rings is 2. The zero-order valence-electron chi connectivity index (χ0n) is 12.4. The summed E-state index contributed by atoms with van der Waals surface area (Å²) in [6.45, 7) is 0.318. The molecule has 22 heavy (non-hydrogen) atoms. The summed E-state index contributed by atoms with van der Waals surface area (Å²) in [6.07, 6.45) is 1.77. The van der Waals surface area contributed by atoms with E-state index in [1.807, 2.05) is 18.2 Å². The van der Waals surface area contributed by atoms with Crippen molar-refractivity contribution < 1.29 is 13.9 Å². The molecule has 0 fully saturated rings. The van der Waals surface area contributed by atoms with Gasteiger partial charge in [-0.25, -0.2) is 4.39 Å². The van der Waals surface area contributed by atoms with Gasteiger partial charge in [-0.05, 0) is 41.7 Å². The first kappa shape index (κ1) is 14.6. The van der Waals surface area contributed by atoms with Crippen LogP contribution < -0.4 is 10.1 Å². The molecule has 0 bridgehead atoms. The molecule has 0 heterocycles. The van der Waals surface area contributed by atoms with Crippen LogP contribution >= 0.6 is 0 Å². The number of fused-ring (bicyclic) bond motifs is 1. The van der Waals surface area contributed by atoms with E-state index in [1.165, 1.54) is 18.7 Å². The van der Waals surface area contributed by atoms with Crippen molar-refractivity contribution in [1.29, 1.82) is 0 Å². The van der Waals surface area contributed by atoms with Crippen molar-refractivity contribution in [3.8, 4) is 5.75 Å². The van der Waals surface area contributed by atoms with Gasteiger partial charge in [0.05, 0.1) is 13.0 Å². The molecule has 114 valence electrons. The maximum atomic E-state index is 13.6. The average Bonchev–Trinajstić information content (AvgIpc) is 2.97. The molecule has 1 N–H and O–H groups in total. The Labute approximate surface area is 129 Å². The number of rotatable bonds is 4. The van der Waals surface area contributed by atoms with Gasteiger partial charge in [0.2, 0.25) is 5.91 Å². The maximum absolute atomic E-state index is 13.6. The molecule has 1 amide bonds. The van der Waals surface area contributed by atoms with Gasteiger partial charge in [0, 0.05) is 6.54 Å². The molecule has 2 aromatic carbocycles. The zero-order valence-corrected chi connectivity index (χ0v) is 12.4. The Kier molecular flexibility index (Phi) is 4.09. The average molecular weight is 299 g/mol. The highest BCUT2D eigenvalue weighted by Gasteiger charge is 2.27. The quantitative estimate of drug-likeness (QED) is 0.941. The lowest BCUT2D eigenvalue weighted by Crippen LogP contribution is -2.27. The van der Waals surface area contributed by atoms with E-state index in [2.05, 4.69) is 11.4 Å². The van der Waals surface area contributed by atoms with Gasteiger partial charge in [-0.15, -0.1) is 0 Å². The van der Waals surface area contributed by atoms with E-state index in [4.69, 9.17) is 4.74 Å². The van der Waals surface area contributed by atoms with Gasteiger partial charge in [0.25, 0.3) is 0 Å². The number of amides is 1. The molecule has 0 radical (unpaired) electrons. The van der Waals surface area contributed by atoms with Gasteiger partial charge in [-0.1, -0.05) is 30.3 Å². The van der Waals surface area contributed by atoms with E-state index in [0.29, 0.717) is 6.54 Å². The van der Waals surface area contributed by atoms with Crippen molar-refractivity contribution in [2.24, 2.45) is 0 Å². The van der Waals surface area contributed by atoms with Crippen molar-refractivity contribution in [2.75, 3.05) is 7.11 Å². The molecule has 0 saturated heterocycles. The molecular formula is C18H18FNO2. The normalized spacial score (nSPS) is 16.2. The Bertz CT molecular complexity index is 699. The van der Waals surface area contributed by atoms with Gasteiger partial charge in [-0.2, -0.15) is 0 Å². The molecule has 0 aromatic heterocycles. The van der Waals surface area contributed by atoms with E-state index in [9.17, 15) is 9.18 Å². The largest absolute Gasteiger partial charge is 0.494 e. The maximum Gasteiger partial charge on any atom is 0.227 e. The highest BCUT2D eigenvalue weighted by atomic mass is 19.1. The molecule has 1 aliphatic rings. The lowest BCUT2D eigenvalue weighted by atomic mass is 10.0. The Morgan fingerprint density at radius 1 is 1.32 bits per heavy atom. The third-order valence-corrected chi connectivity index (χ3v) is 4.13. The summed E-state index contributed by atoms with van der Waals surface area (Å²) in [4.78, 5) is 12.4. The van der Waals surface area contributed by atoms with Gasteiger partial charge in [0.1, 0.15) is 0 Å². The molecule has 3 nitrogen and oxygen atoms in total. The third-order valence-electron chi connectivity index (χ3n) is 4.13. The van der Waals surface area contributed by atoms with Crippen molar-refractivity contribution in [2.45, 2.75) is 25.3 Å². The Balaban J connectivity index is 1.65. The van der Waals surface area contributed by atoms with Gasteiger partial charge >= 0.3 is 0 Å². The number of carbonyl (C=O) groups excluding carboxylic acids is 1. The topological polar surface area (TPSA) is 38.3 Å². The number of methoxy groups -OCH3 is 1. The molecule has 4 heteroatoms. The van der Waals surface area contributed by atoms with Crippen molar-refractivity contribution in [1.82, 2.24) is 5.32 Å². The first-order valence-electron chi connectivity index (χ1n) is 7.37. The van der Waals surface area contributed by atoms with Crippen LogP contribution in [-0.4, -0.2) is 13.0 Å². The summed E-state index contributed by atoms with van der Waals surface area (Å²) in [5.41, 5.74) is 3.08. The fourth-order valence-electron chi connectivity index (χ4n) is 2.96. The summed E-state index contributed by atoms with van der Waals surface area (Å²) in [7, 11) is 1.43. The lowest BCUT2D eigenvalue weighted by Gasteiger charge is -2.13. The second kappa shape index (κ2) is 6.18. The number of nitrogens with one attached hydrogen (secondary N) is 1.